The van der Waals surface area contributed by atoms with Gasteiger partial charge in [-0.05, 0) is 67.6 Å². The van der Waals surface area contributed by atoms with Gasteiger partial charge in [0.15, 0.2) is 6.61 Å². The van der Waals surface area contributed by atoms with Crippen LogP contribution in [0.5, 0.6) is 5.75 Å². The van der Waals surface area contributed by atoms with Crippen LogP contribution in [0.1, 0.15) is 23.1 Å². The molecule has 0 saturated carbocycles. The van der Waals surface area contributed by atoms with Gasteiger partial charge in [-0.25, -0.2) is 4.39 Å². The van der Waals surface area contributed by atoms with Crippen molar-refractivity contribution in [1.29, 1.82) is 0 Å². The molecule has 0 unspecified atom stereocenters. The summed E-state index contributed by atoms with van der Waals surface area (Å²) in [5.74, 6) is 0.336. The van der Waals surface area contributed by atoms with E-state index in [1.165, 1.54) is 17.7 Å². The molecule has 0 aliphatic rings. The molecular formula is C19H22FNO2. The summed E-state index contributed by atoms with van der Waals surface area (Å²) in [5.41, 5.74) is 3.40. The molecule has 1 amide bonds. The average molecular weight is 315 g/mol. The smallest absolute Gasteiger partial charge is 0.257 e. The summed E-state index contributed by atoms with van der Waals surface area (Å²) in [6.45, 7) is 4.64. The van der Waals surface area contributed by atoms with Crippen LogP contribution in [-0.2, 0) is 11.2 Å². The fraction of sp³-hybridized carbons (Fsp3) is 0.316. The molecule has 2 aromatic carbocycles. The third-order valence-corrected chi connectivity index (χ3v) is 3.73. The monoisotopic (exact) mass is 315 g/mol. The molecule has 1 N–H and O–H groups in total. The quantitative estimate of drug-likeness (QED) is 0.793. The van der Waals surface area contributed by atoms with Gasteiger partial charge in [-0.3, -0.25) is 4.79 Å². The van der Waals surface area contributed by atoms with Crippen LogP contribution in [0.15, 0.2) is 42.5 Å². The first kappa shape index (κ1) is 17.0. The van der Waals surface area contributed by atoms with E-state index >= 15 is 0 Å². The standard InChI is InChI=1S/C19H22FNO2/c1-14-5-10-18(12-15(14)2)23-13-19(22)21-11-3-4-16-6-8-17(20)9-7-16/h5-10,12H,3-4,11,13H2,1-2H3,(H,21,22). The van der Waals surface area contributed by atoms with Crippen LogP contribution in [0.25, 0.3) is 0 Å². The van der Waals surface area contributed by atoms with E-state index in [1.54, 1.807) is 12.1 Å². The molecule has 3 nitrogen and oxygen atoms in total. The van der Waals surface area contributed by atoms with Crippen LogP contribution < -0.4 is 10.1 Å². The second-order valence-corrected chi connectivity index (χ2v) is 5.61. The topological polar surface area (TPSA) is 38.3 Å². The van der Waals surface area contributed by atoms with Crippen molar-refractivity contribution in [2.75, 3.05) is 13.2 Å². The van der Waals surface area contributed by atoms with Crippen molar-refractivity contribution < 1.29 is 13.9 Å². The van der Waals surface area contributed by atoms with Gasteiger partial charge in [-0.2, -0.15) is 0 Å². The van der Waals surface area contributed by atoms with E-state index < -0.39 is 0 Å². The molecule has 0 aromatic heterocycles. The van der Waals surface area contributed by atoms with Crippen molar-refractivity contribution in [3.05, 3.63) is 65.0 Å². The van der Waals surface area contributed by atoms with Gasteiger partial charge in [-0.1, -0.05) is 18.2 Å². The zero-order chi connectivity index (χ0) is 16.7. The maximum absolute atomic E-state index is 12.8. The van der Waals surface area contributed by atoms with E-state index in [4.69, 9.17) is 4.74 Å². The molecule has 0 saturated heterocycles. The summed E-state index contributed by atoms with van der Waals surface area (Å²) in [4.78, 5) is 11.7. The highest BCUT2D eigenvalue weighted by atomic mass is 19.1. The number of hydrogen-bond donors (Lipinski definition) is 1. The van der Waals surface area contributed by atoms with Crippen LogP contribution in [0, 0.1) is 19.7 Å². The summed E-state index contributed by atoms with van der Waals surface area (Å²) in [6, 6.07) is 12.2. The van der Waals surface area contributed by atoms with Crippen LogP contribution in [0.3, 0.4) is 0 Å². The van der Waals surface area contributed by atoms with Crippen molar-refractivity contribution in [3.8, 4) is 5.75 Å². The Bertz CT molecular complexity index is 653. The van der Waals surface area contributed by atoms with Gasteiger partial charge in [0, 0.05) is 6.54 Å². The number of carbonyl (C=O) groups is 1. The van der Waals surface area contributed by atoms with Gasteiger partial charge >= 0.3 is 0 Å². The molecule has 2 rings (SSSR count). The van der Waals surface area contributed by atoms with Gasteiger partial charge in [0.1, 0.15) is 11.6 Å². The minimum absolute atomic E-state index is 0.0129. The van der Waals surface area contributed by atoms with Crippen molar-refractivity contribution in [3.63, 3.8) is 0 Å². The first-order valence-corrected chi connectivity index (χ1v) is 7.76. The lowest BCUT2D eigenvalue weighted by atomic mass is 10.1. The van der Waals surface area contributed by atoms with E-state index in [0.717, 1.165) is 24.0 Å². The summed E-state index contributed by atoms with van der Waals surface area (Å²) in [7, 11) is 0. The lowest BCUT2D eigenvalue weighted by molar-refractivity contribution is -0.123. The van der Waals surface area contributed by atoms with Crippen LogP contribution in [0.2, 0.25) is 0 Å². The Morgan fingerprint density at radius 2 is 1.83 bits per heavy atom. The molecule has 2 aromatic rings. The maximum Gasteiger partial charge on any atom is 0.257 e. The molecule has 0 spiro atoms. The van der Waals surface area contributed by atoms with Crippen molar-refractivity contribution >= 4 is 5.91 Å². The van der Waals surface area contributed by atoms with Gasteiger partial charge < -0.3 is 10.1 Å². The molecule has 122 valence electrons. The molecule has 0 aliphatic heterocycles. The number of hydrogen-bond acceptors (Lipinski definition) is 2. The van der Waals surface area contributed by atoms with Gasteiger partial charge in [-0.15, -0.1) is 0 Å². The Morgan fingerprint density at radius 1 is 1.09 bits per heavy atom. The Hall–Kier alpha value is -2.36. The largest absolute Gasteiger partial charge is 0.484 e. The number of benzene rings is 2. The second kappa shape index (κ2) is 8.32. The lowest BCUT2D eigenvalue weighted by Crippen LogP contribution is -2.29. The Labute approximate surface area is 136 Å². The van der Waals surface area contributed by atoms with E-state index in [0.29, 0.717) is 12.3 Å². The third-order valence-electron chi connectivity index (χ3n) is 3.73. The minimum Gasteiger partial charge on any atom is -0.484 e. The van der Waals surface area contributed by atoms with Gasteiger partial charge in [0.25, 0.3) is 5.91 Å². The van der Waals surface area contributed by atoms with Gasteiger partial charge in [0.05, 0.1) is 0 Å². The van der Waals surface area contributed by atoms with Crippen molar-refractivity contribution in [2.24, 2.45) is 0 Å². The van der Waals surface area contributed by atoms with Crippen LogP contribution in [0.4, 0.5) is 4.39 Å². The molecule has 4 heteroatoms. The fourth-order valence-electron chi connectivity index (χ4n) is 2.17. The molecule has 0 aliphatic carbocycles. The molecule has 23 heavy (non-hydrogen) atoms. The summed E-state index contributed by atoms with van der Waals surface area (Å²) in [6.07, 6.45) is 1.61. The number of rotatable bonds is 7. The molecule has 0 bridgehead atoms. The van der Waals surface area contributed by atoms with E-state index in [-0.39, 0.29) is 18.3 Å². The highest BCUT2D eigenvalue weighted by Crippen LogP contribution is 2.16. The van der Waals surface area contributed by atoms with E-state index in [2.05, 4.69) is 5.32 Å². The number of nitrogens with one attached hydrogen (secondary N) is 1. The Morgan fingerprint density at radius 3 is 2.52 bits per heavy atom. The summed E-state index contributed by atoms with van der Waals surface area (Å²) in [5, 5.41) is 2.82. The third kappa shape index (κ3) is 5.74. The number of amides is 1. The zero-order valence-corrected chi connectivity index (χ0v) is 13.6. The lowest BCUT2D eigenvalue weighted by Gasteiger charge is -2.09. The van der Waals surface area contributed by atoms with Crippen molar-refractivity contribution in [1.82, 2.24) is 5.32 Å². The first-order chi connectivity index (χ1) is 11.0. The Balaban J connectivity index is 1.65. The summed E-state index contributed by atoms with van der Waals surface area (Å²) >= 11 is 0. The number of carbonyl (C=O) groups excluding carboxylic acids is 1. The van der Waals surface area contributed by atoms with E-state index in [9.17, 15) is 9.18 Å². The van der Waals surface area contributed by atoms with Crippen LogP contribution in [-0.4, -0.2) is 19.1 Å². The minimum atomic E-state index is -0.231. The SMILES string of the molecule is Cc1ccc(OCC(=O)NCCCc2ccc(F)cc2)cc1C. The predicted octanol–water partition coefficient (Wildman–Crippen LogP) is 3.57. The highest BCUT2D eigenvalue weighted by molar-refractivity contribution is 5.77. The van der Waals surface area contributed by atoms with E-state index in [1.807, 2.05) is 32.0 Å². The van der Waals surface area contributed by atoms with Crippen LogP contribution >= 0.6 is 0 Å². The van der Waals surface area contributed by atoms with Gasteiger partial charge in [0.2, 0.25) is 0 Å². The summed E-state index contributed by atoms with van der Waals surface area (Å²) < 4.78 is 18.3. The number of ether oxygens (including phenoxy) is 1. The predicted molar refractivity (Wildman–Crippen MR) is 89.1 cm³/mol. The molecule has 0 radical (unpaired) electrons. The number of aryl methyl sites for hydroxylation is 3. The zero-order valence-electron chi connectivity index (χ0n) is 13.6. The molecule has 0 fully saturated rings. The normalized spacial score (nSPS) is 10.4. The fourth-order valence-corrected chi connectivity index (χ4v) is 2.17. The maximum atomic E-state index is 12.8. The molecule has 0 heterocycles. The molecular weight excluding hydrogens is 293 g/mol. The number of halogens is 1. The highest BCUT2D eigenvalue weighted by Gasteiger charge is 2.03. The second-order valence-electron chi connectivity index (χ2n) is 5.61. The average Bonchev–Trinajstić information content (AvgIpc) is 2.54. The van der Waals surface area contributed by atoms with Crippen molar-refractivity contribution in [2.45, 2.75) is 26.7 Å². The molecule has 0 atom stereocenters. The first-order valence-electron chi connectivity index (χ1n) is 7.76. The Kier molecular flexibility index (Phi) is 6.15.